The number of rotatable bonds is 2. The molecule has 1 amide bonds. The topological polar surface area (TPSA) is 63.9 Å². The molecule has 0 radical (unpaired) electrons. The summed E-state index contributed by atoms with van der Waals surface area (Å²) in [5, 5.41) is 11.4. The Morgan fingerprint density at radius 3 is 2.94 bits per heavy atom. The molecule has 1 atom stereocenters. The molecule has 1 aliphatic heterocycles. The quantitative estimate of drug-likeness (QED) is 0.765. The van der Waals surface area contributed by atoms with Gasteiger partial charge in [-0.3, -0.25) is 4.79 Å². The summed E-state index contributed by atoms with van der Waals surface area (Å²) < 4.78 is 2.05. The zero-order chi connectivity index (χ0) is 12.7. The normalized spacial score (nSPS) is 18.8. The van der Waals surface area contributed by atoms with Crippen LogP contribution in [0.2, 0.25) is 0 Å². The lowest BCUT2D eigenvalue weighted by Gasteiger charge is -2.30. The summed E-state index contributed by atoms with van der Waals surface area (Å²) in [6.07, 6.45) is 0.871. The number of aryl methyl sites for hydroxylation is 1. The first-order valence-corrected chi connectivity index (χ1v) is 6.65. The van der Waals surface area contributed by atoms with Crippen LogP contribution in [-0.2, 0) is 11.3 Å². The molecule has 18 heavy (non-hydrogen) atoms. The van der Waals surface area contributed by atoms with Gasteiger partial charge in [0.1, 0.15) is 5.69 Å². The van der Waals surface area contributed by atoms with Crippen LogP contribution in [0.25, 0.3) is 11.5 Å². The summed E-state index contributed by atoms with van der Waals surface area (Å²) in [4.78, 5) is 17.1. The van der Waals surface area contributed by atoms with Crippen LogP contribution in [0.5, 0.6) is 0 Å². The van der Waals surface area contributed by atoms with Gasteiger partial charge in [-0.2, -0.15) is 0 Å². The molecule has 1 unspecified atom stereocenters. The standard InChI is InChI=1S/C11H13N5OS/c1-7-10-13-14-11(9-5-18-8(2)12-9)16(10)4-3-15(7)6-17/h5-7H,3-4H2,1-2H3. The van der Waals surface area contributed by atoms with E-state index in [4.69, 9.17) is 0 Å². The third-order valence-electron chi connectivity index (χ3n) is 3.22. The summed E-state index contributed by atoms with van der Waals surface area (Å²) >= 11 is 1.60. The number of aromatic nitrogens is 4. The molecule has 0 saturated carbocycles. The largest absolute Gasteiger partial charge is 0.333 e. The van der Waals surface area contributed by atoms with Crippen LogP contribution in [-0.4, -0.2) is 37.6 Å². The van der Waals surface area contributed by atoms with Crippen molar-refractivity contribution in [1.29, 1.82) is 0 Å². The number of carbonyl (C=O) groups excluding carboxylic acids is 1. The molecule has 0 fully saturated rings. The van der Waals surface area contributed by atoms with Crippen molar-refractivity contribution in [1.82, 2.24) is 24.6 Å². The molecule has 0 saturated heterocycles. The summed E-state index contributed by atoms with van der Waals surface area (Å²) in [5.41, 5.74) is 0.864. The van der Waals surface area contributed by atoms with Gasteiger partial charge in [0.2, 0.25) is 6.41 Å². The maximum Gasteiger partial charge on any atom is 0.210 e. The molecule has 2 aromatic rings. The van der Waals surface area contributed by atoms with E-state index in [0.717, 1.165) is 35.3 Å². The predicted molar refractivity (Wildman–Crippen MR) is 67.1 cm³/mol. The molecule has 2 aromatic heterocycles. The van der Waals surface area contributed by atoms with Gasteiger partial charge in [0.05, 0.1) is 11.0 Å². The van der Waals surface area contributed by atoms with Gasteiger partial charge in [0.15, 0.2) is 11.6 Å². The number of amides is 1. The smallest absolute Gasteiger partial charge is 0.210 e. The first-order chi connectivity index (χ1) is 8.70. The van der Waals surface area contributed by atoms with Gasteiger partial charge in [0.25, 0.3) is 0 Å². The lowest BCUT2D eigenvalue weighted by atomic mass is 10.2. The maximum absolute atomic E-state index is 10.9. The third kappa shape index (κ3) is 1.62. The molecule has 0 spiro atoms. The van der Waals surface area contributed by atoms with E-state index in [1.807, 2.05) is 19.2 Å². The van der Waals surface area contributed by atoms with Crippen molar-refractivity contribution in [3.8, 4) is 11.5 Å². The second-order valence-electron chi connectivity index (χ2n) is 4.30. The maximum atomic E-state index is 10.9. The lowest BCUT2D eigenvalue weighted by molar-refractivity contribution is -0.121. The number of thiazole rings is 1. The monoisotopic (exact) mass is 263 g/mol. The average Bonchev–Trinajstić information content (AvgIpc) is 2.96. The van der Waals surface area contributed by atoms with Crippen LogP contribution >= 0.6 is 11.3 Å². The predicted octanol–water partition coefficient (Wildman–Crippen LogP) is 1.24. The highest BCUT2D eigenvalue weighted by Crippen LogP contribution is 2.27. The van der Waals surface area contributed by atoms with E-state index in [2.05, 4.69) is 19.7 Å². The molecule has 0 bridgehead atoms. The van der Waals surface area contributed by atoms with E-state index in [0.29, 0.717) is 6.54 Å². The van der Waals surface area contributed by atoms with E-state index in [1.165, 1.54) is 0 Å². The third-order valence-corrected chi connectivity index (χ3v) is 3.99. The van der Waals surface area contributed by atoms with Crippen molar-refractivity contribution in [2.45, 2.75) is 26.4 Å². The summed E-state index contributed by atoms with van der Waals surface area (Å²) in [6.45, 7) is 5.34. The van der Waals surface area contributed by atoms with E-state index in [9.17, 15) is 4.79 Å². The highest BCUT2D eigenvalue weighted by molar-refractivity contribution is 7.09. The molecule has 3 rings (SSSR count). The second-order valence-corrected chi connectivity index (χ2v) is 5.37. The molecule has 0 N–H and O–H groups in total. The van der Waals surface area contributed by atoms with Crippen LogP contribution in [0, 0.1) is 6.92 Å². The Hall–Kier alpha value is -1.76. The number of fused-ring (bicyclic) bond motifs is 1. The Morgan fingerprint density at radius 2 is 2.28 bits per heavy atom. The van der Waals surface area contributed by atoms with Gasteiger partial charge < -0.3 is 9.47 Å². The first kappa shape index (κ1) is 11.3. The number of hydrogen-bond donors (Lipinski definition) is 0. The van der Waals surface area contributed by atoms with Crippen molar-refractivity contribution in [3.63, 3.8) is 0 Å². The van der Waals surface area contributed by atoms with Crippen LogP contribution < -0.4 is 0 Å². The molecular formula is C11H13N5OS. The van der Waals surface area contributed by atoms with Crippen LogP contribution in [0.1, 0.15) is 23.8 Å². The molecule has 7 heteroatoms. The molecule has 6 nitrogen and oxygen atoms in total. The highest BCUT2D eigenvalue weighted by atomic mass is 32.1. The minimum atomic E-state index is -0.0303. The van der Waals surface area contributed by atoms with E-state index in [1.54, 1.807) is 16.2 Å². The van der Waals surface area contributed by atoms with Crippen molar-refractivity contribution < 1.29 is 4.79 Å². The Labute approximate surface area is 108 Å². The van der Waals surface area contributed by atoms with Crippen LogP contribution in [0.15, 0.2) is 5.38 Å². The summed E-state index contributed by atoms with van der Waals surface area (Å²) in [7, 11) is 0. The minimum absolute atomic E-state index is 0.0303. The van der Waals surface area contributed by atoms with Crippen molar-refractivity contribution in [2.24, 2.45) is 0 Å². The fourth-order valence-electron chi connectivity index (χ4n) is 2.20. The number of hydrogen-bond acceptors (Lipinski definition) is 5. The average molecular weight is 263 g/mol. The van der Waals surface area contributed by atoms with Gasteiger partial charge in [-0.05, 0) is 13.8 Å². The summed E-state index contributed by atoms with van der Waals surface area (Å²) in [5.74, 6) is 1.63. The van der Waals surface area contributed by atoms with E-state index < -0.39 is 0 Å². The molecule has 1 aliphatic rings. The SMILES string of the molecule is Cc1nc(-c2nnc3n2CCN(C=O)C3C)cs1. The number of nitrogens with zero attached hydrogens (tertiary/aromatic N) is 5. The van der Waals surface area contributed by atoms with Gasteiger partial charge in [0, 0.05) is 18.5 Å². The minimum Gasteiger partial charge on any atom is -0.333 e. The van der Waals surface area contributed by atoms with Gasteiger partial charge >= 0.3 is 0 Å². The number of carbonyl (C=O) groups is 1. The summed E-state index contributed by atoms with van der Waals surface area (Å²) in [6, 6.07) is -0.0303. The molecule has 94 valence electrons. The van der Waals surface area contributed by atoms with E-state index >= 15 is 0 Å². The Bertz CT molecular complexity index is 590. The Morgan fingerprint density at radius 1 is 1.44 bits per heavy atom. The van der Waals surface area contributed by atoms with Gasteiger partial charge in [-0.15, -0.1) is 21.5 Å². The van der Waals surface area contributed by atoms with E-state index in [-0.39, 0.29) is 6.04 Å². The van der Waals surface area contributed by atoms with Gasteiger partial charge in [-0.1, -0.05) is 0 Å². The van der Waals surface area contributed by atoms with Crippen molar-refractivity contribution >= 4 is 17.7 Å². The Balaban J connectivity index is 2.04. The molecule has 0 aromatic carbocycles. The van der Waals surface area contributed by atoms with Crippen molar-refractivity contribution in [3.05, 3.63) is 16.2 Å². The molecule has 0 aliphatic carbocycles. The fourth-order valence-corrected chi connectivity index (χ4v) is 2.79. The second kappa shape index (κ2) is 4.16. The fraction of sp³-hybridized carbons (Fsp3) is 0.455. The molecular weight excluding hydrogens is 250 g/mol. The first-order valence-electron chi connectivity index (χ1n) is 5.77. The zero-order valence-electron chi connectivity index (χ0n) is 10.2. The van der Waals surface area contributed by atoms with Crippen LogP contribution in [0.4, 0.5) is 0 Å². The van der Waals surface area contributed by atoms with Gasteiger partial charge in [-0.25, -0.2) is 4.98 Å². The highest BCUT2D eigenvalue weighted by Gasteiger charge is 2.28. The lowest BCUT2D eigenvalue weighted by Crippen LogP contribution is -2.36. The molecule has 3 heterocycles. The zero-order valence-corrected chi connectivity index (χ0v) is 11.0. The van der Waals surface area contributed by atoms with Crippen molar-refractivity contribution in [2.75, 3.05) is 6.54 Å². The van der Waals surface area contributed by atoms with Crippen LogP contribution in [0.3, 0.4) is 0 Å². The Kier molecular flexibility index (Phi) is 2.62.